The molecule has 0 aliphatic heterocycles. The summed E-state index contributed by atoms with van der Waals surface area (Å²) >= 11 is 0. The van der Waals surface area contributed by atoms with Gasteiger partial charge < -0.3 is 20.5 Å². The van der Waals surface area contributed by atoms with E-state index in [9.17, 15) is 9.59 Å². The van der Waals surface area contributed by atoms with Gasteiger partial charge in [0, 0.05) is 17.3 Å². The number of anilines is 1. The molecule has 0 unspecified atom stereocenters. The molecule has 0 fully saturated rings. The summed E-state index contributed by atoms with van der Waals surface area (Å²) in [6.07, 6.45) is 0. The Labute approximate surface area is 145 Å². The first-order valence-corrected chi connectivity index (χ1v) is 7.53. The molecule has 0 aromatic heterocycles. The predicted octanol–water partition coefficient (Wildman–Crippen LogP) is 2.07. The van der Waals surface area contributed by atoms with Crippen molar-refractivity contribution >= 4 is 17.5 Å². The summed E-state index contributed by atoms with van der Waals surface area (Å²) in [5.41, 5.74) is 6.47. The number of amides is 2. The first kappa shape index (κ1) is 17.8. The van der Waals surface area contributed by atoms with E-state index in [1.165, 1.54) is 12.1 Å². The molecule has 0 bridgehead atoms. The van der Waals surface area contributed by atoms with Gasteiger partial charge >= 0.3 is 0 Å². The molecular formula is C18H17N3O4. The lowest BCUT2D eigenvalue weighted by Gasteiger charge is -2.12. The van der Waals surface area contributed by atoms with Crippen LogP contribution in [-0.2, 0) is 4.79 Å². The number of nitrogens with zero attached hydrogens (tertiary/aromatic N) is 1. The number of carbonyl (C=O) groups is 2. The van der Waals surface area contributed by atoms with E-state index in [2.05, 4.69) is 5.32 Å². The first-order valence-electron chi connectivity index (χ1n) is 7.53. The Bertz CT molecular complexity index is 810. The van der Waals surface area contributed by atoms with E-state index in [4.69, 9.17) is 20.5 Å². The summed E-state index contributed by atoms with van der Waals surface area (Å²) in [5.74, 6) is -0.135. The number of rotatable bonds is 7. The lowest BCUT2D eigenvalue weighted by Crippen LogP contribution is -2.20. The fraction of sp³-hybridized carbons (Fsp3) is 0.167. The van der Waals surface area contributed by atoms with Crippen molar-refractivity contribution in [2.45, 2.75) is 6.92 Å². The number of carbonyl (C=O) groups excluding carboxylic acids is 2. The minimum atomic E-state index is -0.537. The van der Waals surface area contributed by atoms with Crippen LogP contribution in [0.4, 0.5) is 5.69 Å². The molecule has 0 atom stereocenters. The Morgan fingerprint density at radius 2 is 1.84 bits per heavy atom. The summed E-state index contributed by atoms with van der Waals surface area (Å²) in [5, 5.41) is 11.6. The van der Waals surface area contributed by atoms with Gasteiger partial charge in [-0.25, -0.2) is 0 Å². The van der Waals surface area contributed by atoms with Gasteiger partial charge in [0.05, 0.1) is 18.2 Å². The number of nitrogens with two attached hydrogens (primary N) is 1. The molecule has 0 aliphatic rings. The maximum absolute atomic E-state index is 12.0. The highest BCUT2D eigenvalue weighted by atomic mass is 16.5. The van der Waals surface area contributed by atoms with Crippen molar-refractivity contribution in [1.82, 2.24) is 0 Å². The summed E-state index contributed by atoms with van der Waals surface area (Å²) in [4.78, 5) is 23.0. The molecule has 2 aromatic carbocycles. The largest absolute Gasteiger partial charge is 0.490 e. The van der Waals surface area contributed by atoms with E-state index >= 15 is 0 Å². The summed E-state index contributed by atoms with van der Waals surface area (Å²) in [7, 11) is 0. The van der Waals surface area contributed by atoms with Gasteiger partial charge in [0.2, 0.25) is 5.91 Å². The average Bonchev–Trinajstić information content (AvgIpc) is 2.61. The molecule has 3 N–H and O–H groups in total. The molecule has 7 nitrogen and oxygen atoms in total. The number of hydrogen-bond donors (Lipinski definition) is 2. The van der Waals surface area contributed by atoms with E-state index in [1.807, 2.05) is 13.0 Å². The zero-order valence-corrected chi connectivity index (χ0v) is 13.6. The van der Waals surface area contributed by atoms with E-state index in [0.29, 0.717) is 34.9 Å². The second-order valence-electron chi connectivity index (χ2n) is 4.98. The van der Waals surface area contributed by atoms with Crippen molar-refractivity contribution < 1.29 is 19.1 Å². The van der Waals surface area contributed by atoms with Crippen LogP contribution in [-0.4, -0.2) is 25.0 Å². The zero-order valence-electron chi connectivity index (χ0n) is 13.6. The van der Waals surface area contributed by atoms with Gasteiger partial charge in [-0.1, -0.05) is 0 Å². The molecule has 7 heteroatoms. The number of hydrogen-bond acceptors (Lipinski definition) is 5. The molecule has 0 spiro atoms. The fourth-order valence-corrected chi connectivity index (χ4v) is 2.02. The van der Waals surface area contributed by atoms with Gasteiger partial charge in [-0.3, -0.25) is 9.59 Å². The van der Waals surface area contributed by atoms with Gasteiger partial charge in [-0.15, -0.1) is 0 Å². The van der Waals surface area contributed by atoms with Crippen molar-refractivity contribution in [3.05, 3.63) is 53.6 Å². The SMILES string of the molecule is CCOc1cc(C#N)ccc1OCC(=O)Nc1ccc(C(N)=O)cc1. The van der Waals surface area contributed by atoms with Crippen LogP contribution in [0.2, 0.25) is 0 Å². The fourth-order valence-electron chi connectivity index (χ4n) is 2.02. The highest BCUT2D eigenvalue weighted by Crippen LogP contribution is 2.28. The van der Waals surface area contributed by atoms with E-state index < -0.39 is 5.91 Å². The van der Waals surface area contributed by atoms with E-state index in [-0.39, 0.29) is 12.5 Å². The molecule has 25 heavy (non-hydrogen) atoms. The topological polar surface area (TPSA) is 114 Å². The third kappa shape index (κ3) is 4.97. The minimum absolute atomic E-state index is 0.233. The third-order valence-corrected chi connectivity index (χ3v) is 3.18. The van der Waals surface area contributed by atoms with Gasteiger partial charge in [-0.05, 0) is 43.3 Å². The normalized spacial score (nSPS) is 9.76. The molecule has 0 saturated heterocycles. The molecule has 128 valence electrons. The lowest BCUT2D eigenvalue weighted by atomic mass is 10.2. The number of benzene rings is 2. The summed E-state index contributed by atoms with van der Waals surface area (Å²) in [6.45, 7) is 1.98. The summed E-state index contributed by atoms with van der Waals surface area (Å²) in [6, 6.07) is 12.9. The molecule has 0 aliphatic carbocycles. The predicted molar refractivity (Wildman–Crippen MR) is 91.4 cm³/mol. The second-order valence-corrected chi connectivity index (χ2v) is 4.98. The van der Waals surface area contributed by atoms with Crippen molar-refractivity contribution in [3.63, 3.8) is 0 Å². The highest BCUT2D eigenvalue weighted by molar-refractivity contribution is 5.95. The zero-order chi connectivity index (χ0) is 18.2. The van der Waals surface area contributed by atoms with E-state index in [0.717, 1.165) is 0 Å². The van der Waals surface area contributed by atoms with Gasteiger partial charge in [0.1, 0.15) is 0 Å². The van der Waals surface area contributed by atoms with Crippen LogP contribution in [0.15, 0.2) is 42.5 Å². The third-order valence-electron chi connectivity index (χ3n) is 3.18. The van der Waals surface area contributed by atoms with Crippen LogP contribution in [0.25, 0.3) is 0 Å². The monoisotopic (exact) mass is 339 g/mol. The van der Waals surface area contributed by atoms with Crippen molar-refractivity contribution in [2.75, 3.05) is 18.5 Å². The Kier molecular flexibility index (Phi) is 5.96. The minimum Gasteiger partial charge on any atom is -0.490 e. The van der Waals surface area contributed by atoms with Crippen LogP contribution < -0.4 is 20.5 Å². The molecule has 0 saturated carbocycles. The van der Waals surface area contributed by atoms with Crippen LogP contribution in [0.3, 0.4) is 0 Å². The van der Waals surface area contributed by atoms with E-state index in [1.54, 1.807) is 30.3 Å². The quantitative estimate of drug-likeness (QED) is 0.801. The number of nitrogens with one attached hydrogen (secondary N) is 1. The maximum Gasteiger partial charge on any atom is 0.262 e. The standard InChI is InChI=1S/C18H17N3O4/c1-2-24-16-9-12(10-19)3-8-15(16)25-11-17(22)21-14-6-4-13(5-7-14)18(20)23/h3-9H,2,11H2,1H3,(H2,20,23)(H,21,22). The smallest absolute Gasteiger partial charge is 0.262 e. The number of nitriles is 1. The number of ether oxygens (including phenoxy) is 2. The summed E-state index contributed by atoms with van der Waals surface area (Å²) < 4.78 is 10.9. The van der Waals surface area contributed by atoms with Crippen LogP contribution in [0, 0.1) is 11.3 Å². The number of primary amides is 1. The Morgan fingerprint density at radius 3 is 2.44 bits per heavy atom. The Balaban J connectivity index is 1.97. The van der Waals surface area contributed by atoms with Gasteiger partial charge in [0.15, 0.2) is 18.1 Å². The molecular weight excluding hydrogens is 322 g/mol. The lowest BCUT2D eigenvalue weighted by molar-refractivity contribution is -0.118. The van der Waals surface area contributed by atoms with Crippen molar-refractivity contribution in [2.24, 2.45) is 5.73 Å². The molecule has 0 radical (unpaired) electrons. The van der Waals surface area contributed by atoms with Crippen LogP contribution >= 0.6 is 0 Å². The highest BCUT2D eigenvalue weighted by Gasteiger charge is 2.10. The Hall–Kier alpha value is -3.53. The Morgan fingerprint density at radius 1 is 1.12 bits per heavy atom. The van der Waals surface area contributed by atoms with Crippen LogP contribution in [0.1, 0.15) is 22.8 Å². The average molecular weight is 339 g/mol. The van der Waals surface area contributed by atoms with Crippen molar-refractivity contribution in [3.8, 4) is 17.6 Å². The van der Waals surface area contributed by atoms with Crippen molar-refractivity contribution in [1.29, 1.82) is 5.26 Å². The molecule has 2 amide bonds. The molecule has 2 aromatic rings. The second kappa shape index (κ2) is 8.36. The molecule has 2 rings (SSSR count). The first-order chi connectivity index (χ1) is 12.0. The van der Waals surface area contributed by atoms with Gasteiger partial charge in [-0.2, -0.15) is 5.26 Å². The van der Waals surface area contributed by atoms with Gasteiger partial charge in [0.25, 0.3) is 5.91 Å². The molecule has 0 heterocycles. The maximum atomic E-state index is 12.0. The van der Waals surface area contributed by atoms with Crippen LogP contribution in [0.5, 0.6) is 11.5 Å².